The number of hydrogen-bond donors (Lipinski definition) is 1. The Labute approximate surface area is 107 Å². The van der Waals surface area contributed by atoms with Gasteiger partial charge in [0, 0.05) is 17.3 Å². The third-order valence-electron chi connectivity index (χ3n) is 2.51. The first-order chi connectivity index (χ1) is 8.95. The quantitative estimate of drug-likeness (QED) is 0.848. The largest absolute Gasteiger partial charge is 0.353 e. The van der Waals surface area contributed by atoms with Crippen LogP contribution in [0, 0.1) is 17.5 Å². The van der Waals surface area contributed by atoms with Crippen LogP contribution in [-0.2, 0) is 0 Å². The van der Waals surface area contributed by atoms with E-state index in [9.17, 15) is 18.0 Å². The summed E-state index contributed by atoms with van der Waals surface area (Å²) in [6, 6.07) is 6.44. The molecular weight excluding hydrogens is 255 g/mol. The summed E-state index contributed by atoms with van der Waals surface area (Å²) >= 11 is 0. The van der Waals surface area contributed by atoms with Gasteiger partial charge in [0.2, 0.25) is 0 Å². The van der Waals surface area contributed by atoms with Gasteiger partial charge in [-0.1, -0.05) is 0 Å². The molecule has 2 aromatic rings. The molecule has 0 atom stereocenters. The summed E-state index contributed by atoms with van der Waals surface area (Å²) in [6.07, 6.45) is 0. The van der Waals surface area contributed by atoms with E-state index in [0.29, 0.717) is 0 Å². The highest BCUT2D eigenvalue weighted by Gasteiger charge is 2.08. The smallest absolute Gasteiger partial charge is 0.159 e. The zero-order valence-corrected chi connectivity index (χ0v) is 10.0. The van der Waals surface area contributed by atoms with Gasteiger partial charge in [-0.2, -0.15) is 0 Å². The van der Waals surface area contributed by atoms with E-state index in [1.165, 1.54) is 13.0 Å². The topological polar surface area (TPSA) is 29.1 Å². The second-order valence-electron chi connectivity index (χ2n) is 4.03. The van der Waals surface area contributed by atoms with Gasteiger partial charge in [0.25, 0.3) is 0 Å². The third-order valence-corrected chi connectivity index (χ3v) is 2.51. The molecule has 2 rings (SSSR count). The Hall–Kier alpha value is -2.30. The molecule has 0 radical (unpaired) electrons. The van der Waals surface area contributed by atoms with E-state index in [-0.39, 0.29) is 22.7 Å². The molecule has 2 aromatic carbocycles. The first-order valence-corrected chi connectivity index (χ1v) is 5.49. The van der Waals surface area contributed by atoms with Crippen molar-refractivity contribution in [3.05, 3.63) is 59.4 Å². The summed E-state index contributed by atoms with van der Waals surface area (Å²) < 4.78 is 39.7. The van der Waals surface area contributed by atoms with E-state index >= 15 is 0 Å². The Morgan fingerprint density at radius 2 is 1.74 bits per heavy atom. The lowest BCUT2D eigenvalue weighted by Gasteiger charge is -2.09. The molecule has 98 valence electrons. The van der Waals surface area contributed by atoms with Crippen molar-refractivity contribution in [2.24, 2.45) is 0 Å². The van der Waals surface area contributed by atoms with Crippen molar-refractivity contribution in [1.82, 2.24) is 0 Å². The van der Waals surface area contributed by atoms with Gasteiger partial charge in [-0.3, -0.25) is 4.79 Å². The molecule has 0 aromatic heterocycles. The first kappa shape index (κ1) is 13.1. The van der Waals surface area contributed by atoms with Crippen molar-refractivity contribution < 1.29 is 18.0 Å². The van der Waals surface area contributed by atoms with Crippen LogP contribution in [0.5, 0.6) is 0 Å². The van der Waals surface area contributed by atoms with Crippen LogP contribution in [0.3, 0.4) is 0 Å². The maximum absolute atomic E-state index is 13.4. The standard InChI is InChI=1S/C14H10F3NO/c1-8(19)9-4-11(16)6-12(5-9)18-14-7-10(15)2-3-13(14)17/h2-7,18H,1H3. The average Bonchev–Trinajstić information content (AvgIpc) is 2.33. The molecule has 19 heavy (non-hydrogen) atoms. The van der Waals surface area contributed by atoms with Crippen molar-refractivity contribution >= 4 is 17.2 Å². The summed E-state index contributed by atoms with van der Waals surface area (Å²) in [7, 11) is 0. The second-order valence-corrected chi connectivity index (χ2v) is 4.03. The number of benzene rings is 2. The number of Topliss-reactive ketones (excluding diaryl/α,β-unsaturated/α-hetero) is 1. The molecule has 0 saturated heterocycles. The summed E-state index contributed by atoms with van der Waals surface area (Å²) in [4.78, 5) is 11.2. The van der Waals surface area contributed by atoms with E-state index in [1.807, 2.05) is 0 Å². The Bertz CT molecular complexity index is 641. The molecule has 0 heterocycles. The molecule has 0 aliphatic carbocycles. The van der Waals surface area contributed by atoms with Crippen molar-refractivity contribution in [3.63, 3.8) is 0 Å². The number of hydrogen-bond acceptors (Lipinski definition) is 2. The Kier molecular flexibility index (Phi) is 3.55. The van der Waals surface area contributed by atoms with Crippen LogP contribution in [0.15, 0.2) is 36.4 Å². The normalized spacial score (nSPS) is 10.3. The molecule has 0 bridgehead atoms. The lowest BCUT2D eigenvalue weighted by molar-refractivity contribution is 0.101. The maximum atomic E-state index is 13.4. The Morgan fingerprint density at radius 3 is 2.42 bits per heavy atom. The van der Waals surface area contributed by atoms with E-state index in [1.54, 1.807) is 0 Å². The number of nitrogens with one attached hydrogen (secondary N) is 1. The van der Waals surface area contributed by atoms with Crippen LogP contribution in [0.1, 0.15) is 17.3 Å². The fraction of sp³-hybridized carbons (Fsp3) is 0.0714. The monoisotopic (exact) mass is 265 g/mol. The zero-order valence-electron chi connectivity index (χ0n) is 10.0. The van der Waals surface area contributed by atoms with Gasteiger partial charge in [-0.15, -0.1) is 0 Å². The average molecular weight is 265 g/mol. The molecule has 0 amide bonds. The molecule has 0 fully saturated rings. The summed E-state index contributed by atoms with van der Waals surface area (Å²) in [5.74, 6) is -2.24. The van der Waals surface area contributed by atoms with Crippen LogP contribution >= 0.6 is 0 Å². The van der Waals surface area contributed by atoms with Crippen molar-refractivity contribution in [3.8, 4) is 0 Å². The third kappa shape index (κ3) is 3.13. The molecule has 5 heteroatoms. The zero-order chi connectivity index (χ0) is 14.0. The molecule has 0 spiro atoms. The molecule has 1 N–H and O–H groups in total. The van der Waals surface area contributed by atoms with E-state index in [2.05, 4.69) is 5.32 Å². The molecule has 0 saturated carbocycles. The predicted octanol–water partition coefficient (Wildman–Crippen LogP) is 4.05. The van der Waals surface area contributed by atoms with Gasteiger partial charge in [-0.25, -0.2) is 13.2 Å². The van der Waals surface area contributed by atoms with Crippen LogP contribution in [0.4, 0.5) is 24.5 Å². The van der Waals surface area contributed by atoms with Gasteiger partial charge in [0.1, 0.15) is 17.5 Å². The summed E-state index contributed by atoms with van der Waals surface area (Å²) in [6.45, 7) is 1.29. The summed E-state index contributed by atoms with van der Waals surface area (Å²) in [5.41, 5.74) is 0.203. The lowest BCUT2D eigenvalue weighted by Crippen LogP contribution is -1.99. The molecule has 0 aliphatic heterocycles. The van der Waals surface area contributed by atoms with Crippen molar-refractivity contribution in [1.29, 1.82) is 0 Å². The maximum Gasteiger partial charge on any atom is 0.159 e. The highest BCUT2D eigenvalue weighted by Crippen LogP contribution is 2.23. The Morgan fingerprint density at radius 1 is 1.00 bits per heavy atom. The first-order valence-electron chi connectivity index (χ1n) is 5.49. The summed E-state index contributed by atoms with van der Waals surface area (Å²) in [5, 5.41) is 2.54. The molecular formula is C14H10F3NO. The molecule has 2 nitrogen and oxygen atoms in total. The van der Waals surface area contributed by atoms with Crippen LogP contribution < -0.4 is 5.32 Å². The number of ketones is 1. The van der Waals surface area contributed by atoms with Crippen LogP contribution in [-0.4, -0.2) is 5.78 Å². The van der Waals surface area contributed by atoms with Crippen molar-refractivity contribution in [2.75, 3.05) is 5.32 Å². The van der Waals surface area contributed by atoms with Gasteiger partial charge >= 0.3 is 0 Å². The van der Waals surface area contributed by atoms with Gasteiger partial charge in [0.05, 0.1) is 5.69 Å². The number of carbonyl (C=O) groups excluding carboxylic acids is 1. The number of anilines is 2. The van der Waals surface area contributed by atoms with Crippen LogP contribution in [0.25, 0.3) is 0 Å². The molecule has 0 unspecified atom stereocenters. The SMILES string of the molecule is CC(=O)c1cc(F)cc(Nc2cc(F)ccc2F)c1. The van der Waals surface area contributed by atoms with Crippen LogP contribution in [0.2, 0.25) is 0 Å². The fourth-order valence-electron chi connectivity index (χ4n) is 1.61. The minimum Gasteiger partial charge on any atom is -0.353 e. The van der Waals surface area contributed by atoms with E-state index < -0.39 is 17.5 Å². The predicted molar refractivity (Wildman–Crippen MR) is 66.0 cm³/mol. The van der Waals surface area contributed by atoms with E-state index in [0.717, 1.165) is 30.3 Å². The fourth-order valence-corrected chi connectivity index (χ4v) is 1.61. The minimum atomic E-state index is -0.671. The lowest BCUT2D eigenvalue weighted by atomic mass is 10.1. The highest BCUT2D eigenvalue weighted by molar-refractivity contribution is 5.95. The minimum absolute atomic E-state index is 0.125. The number of carbonyl (C=O) groups is 1. The van der Waals surface area contributed by atoms with Gasteiger partial charge in [0.15, 0.2) is 5.78 Å². The van der Waals surface area contributed by atoms with Crippen molar-refractivity contribution in [2.45, 2.75) is 6.92 Å². The van der Waals surface area contributed by atoms with Gasteiger partial charge < -0.3 is 5.32 Å². The number of halogens is 3. The second kappa shape index (κ2) is 5.14. The Balaban J connectivity index is 2.38. The highest BCUT2D eigenvalue weighted by atomic mass is 19.1. The number of rotatable bonds is 3. The molecule has 0 aliphatic rings. The van der Waals surface area contributed by atoms with Gasteiger partial charge in [-0.05, 0) is 37.3 Å². The van der Waals surface area contributed by atoms with E-state index in [4.69, 9.17) is 0 Å².